The molecule has 0 spiro atoms. The maximum atomic E-state index is 13.1. The van der Waals surface area contributed by atoms with Gasteiger partial charge in [-0.3, -0.25) is 9.69 Å². The summed E-state index contributed by atoms with van der Waals surface area (Å²) in [5, 5.41) is 9.60. The number of aliphatic hydroxyl groups excluding tert-OH is 1. The lowest BCUT2D eigenvalue weighted by atomic mass is 9.98. The highest BCUT2D eigenvalue weighted by molar-refractivity contribution is 7.89. The molecule has 0 unspecified atom stereocenters. The van der Waals surface area contributed by atoms with Crippen molar-refractivity contribution in [3.8, 4) is 11.1 Å². The van der Waals surface area contributed by atoms with E-state index in [-0.39, 0.29) is 42.3 Å². The Bertz CT molecular complexity index is 1860. The first-order valence-corrected chi connectivity index (χ1v) is 18.7. The number of sulfonamides is 1. The van der Waals surface area contributed by atoms with Crippen LogP contribution in [-0.2, 0) is 42.2 Å². The fourth-order valence-electron chi connectivity index (χ4n) is 6.56. The van der Waals surface area contributed by atoms with Crippen molar-refractivity contribution in [2.24, 2.45) is 0 Å². The maximum Gasteiger partial charge on any atom is 0.323 e. The molecule has 264 valence electrons. The van der Waals surface area contributed by atoms with E-state index in [4.69, 9.17) is 14.2 Å². The van der Waals surface area contributed by atoms with Crippen LogP contribution in [0.5, 0.6) is 0 Å². The van der Waals surface area contributed by atoms with Gasteiger partial charge in [-0.05, 0) is 92.2 Å². The van der Waals surface area contributed by atoms with Gasteiger partial charge in [0.15, 0.2) is 6.29 Å². The molecule has 2 saturated heterocycles. The largest absolute Gasteiger partial charge is 0.459 e. The molecular formula is C40H46N2O7S. The minimum atomic E-state index is -3.64. The molecule has 2 heterocycles. The first kappa shape index (κ1) is 35.9. The summed E-state index contributed by atoms with van der Waals surface area (Å²) in [4.78, 5) is 15.5. The minimum absolute atomic E-state index is 0.0337. The summed E-state index contributed by atoms with van der Waals surface area (Å²) < 4.78 is 47.4. The van der Waals surface area contributed by atoms with Crippen LogP contribution in [0.4, 0.5) is 0 Å². The zero-order chi connectivity index (χ0) is 35.3. The molecule has 4 aromatic carbocycles. The fourth-order valence-corrected chi connectivity index (χ4v) is 7.60. The number of hydrogen-bond donors (Lipinski definition) is 2. The molecule has 2 fully saturated rings. The highest BCUT2D eigenvalue weighted by atomic mass is 32.2. The zero-order valence-electron chi connectivity index (χ0n) is 28.8. The maximum absolute atomic E-state index is 13.1. The number of nitrogens with zero attached hydrogens (tertiary/aromatic N) is 1. The molecule has 0 radical (unpaired) electrons. The van der Waals surface area contributed by atoms with Gasteiger partial charge in [0.05, 0.1) is 23.7 Å². The van der Waals surface area contributed by atoms with Gasteiger partial charge < -0.3 is 19.3 Å². The van der Waals surface area contributed by atoms with E-state index >= 15 is 0 Å². The van der Waals surface area contributed by atoms with Crippen LogP contribution in [0.3, 0.4) is 0 Å². The van der Waals surface area contributed by atoms with E-state index in [0.29, 0.717) is 13.0 Å². The third-order valence-corrected chi connectivity index (χ3v) is 10.5. The molecule has 50 heavy (non-hydrogen) atoms. The molecule has 2 aliphatic heterocycles. The lowest BCUT2D eigenvalue weighted by molar-refractivity contribution is -0.253. The van der Waals surface area contributed by atoms with E-state index in [9.17, 15) is 18.3 Å². The van der Waals surface area contributed by atoms with Crippen molar-refractivity contribution in [3.05, 3.63) is 125 Å². The molecule has 0 amide bonds. The first-order chi connectivity index (χ1) is 24.0. The number of ether oxygens (including phenoxy) is 3. The van der Waals surface area contributed by atoms with Gasteiger partial charge in [-0.1, -0.05) is 78.9 Å². The lowest BCUT2D eigenvalue weighted by Gasteiger charge is -2.38. The average Bonchev–Trinajstić information content (AvgIpc) is 3.59. The molecule has 10 heteroatoms. The Morgan fingerprint density at radius 3 is 2.32 bits per heavy atom. The smallest absolute Gasteiger partial charge is 0.323 e. The van der Waals surface area contributed by atoms with E-state index in [1.165, 1.54) is 0 Å². The first-order valence-electron chi connectivity index (χ1n) is 17.2. The predicted molar refractivity (Wildman–Crippen MR) is 191 cm³/mol. The van der Waals surface area contributed by atoms with Crippen LogP contribution in [0.25, 0.3) is 11.1 Å². The second-order valence-electron chi connectivity index (χ2n) is 14.0. The highest BCUT2D eigenvalue weighted by Crippen LogP contribution is 2.40. The normalized spacial score (nSPS) is 21.6. The Hall–Kier alpha value is -3.90. The van der Waals surface area contributed by atoms with Crippen molar-refractivity contribution in [1.29, 1.82) is 0 Å². The number of hydrogen-bond acceptors (Lipinski definition) is 8. The van der Waals surface area contributed by atoms with E-state index in [2.05, 4.69) is 9.62 Å². The van der Waals surface area contributed by atoms with Crippen LogP contribution in [0.2, 0.25) is 0 Å². The number of carbonyl (C=O) groups is 1. The number of rotatable bonds is 11. The number of aliphatic hydroxyl groups is 1. The number of benzene rings is 4. The summed E-state index contributed by atoms with van der Waals surface area (Å²) in [5.41, 5.74) is 4.82. The minimum Gasteiger partial charge on any atom is -0.459 e. The second-order valence-corrected chi connectivity index (χ2v) is 15.8. The SMILES string of the molecule is CC(C)(C)OC(=O)[C@@H]1CCCN1C[C@H]1C[C@@H](c2ccc(CO)cc2)O[C@@H](c2cccc(-c3cccc(CNS(=O)(=O)c4ccccc4)c3)c2)O1. The van der Waals surface area contributed by atoms with Crippen LogP contribution >= 0.6 is 0 Å². The van der Waals surface area contributed by atoms with Gasteiger partial charge in [0.2, 0.25) is 10.0 Å². The summed E-state index contributed by atoms with van der Waals surface area (Å²) in [7, 11) is -3.64. The van der Waals surface area contributed by atoms with Crippen molar-refractivity contribution in [1.82, 2.24) is 9.62 Å². The summed E-state index contributed by atoms with van der Waals surface area (Å²) >= 11 is 0. The Morgan fingerprint density at radius 1 is 0.880 bits per heavy atom. The van der Waals surface area contributed by atoms with Gasteiger partial charge in [0, 0.05) is 25.1 Å². The third-order valence-electron chi connectivity index (χ3n) is 9.03. The predicted octanol–water partition coefficient (Wildman–Crippen LogP) is 6.68. The monoisotopic (exact) mass is 698 g/mol. The summed E-state index contributed by atoms with van der Waals surface area (Å²) in [5.74, 6) is -0.197. The van der Waals surface area contributed by atoms with Crippen molar-refractivity contribution in [2.45, 2.75) is 88.2 Å². The van der Waals surface area contributed by atoms with Gasteiger partial charge in [0.25, 0.3) is 0 Å². The van der Waals surface area contributed by atoms with Crippen molar-refractivity contribution >= 4 is 16.0 Å². The van der Waals surface area contributed by atoms with Crippen LogP contribution in [0, 0.1) is 0 Å². The molecule has 2 aliphatic rings. The van der Waals surface area contributed by atoms with Gasteiger partial charge in [-0.2, -0.15) is 0 Å². The molecular weight excluding hydrogens is 653 g/mol. The van der Waals surface area contributed by atoms with Crippen LogP contribution < -0.4 is 4.72 Å². The number of likely N-dealkylation sites (tertiary alicyclic amines) is 1. The summed E-state index contributed by atoms with van der Waals surface area (Å²) in [6.45, 7) is 7.14. The zero-order valence-corrected chi connectivity index (χ0v) is 29.6. The van der Waals surface area contributed by atoms with E-state index in [0.717, 1.165) is 52.8 Å². The molecule has 0 aromatic heterocycles. The topological polar surface area (TPSA) is 114 Å². The van der Waals surface area contributed by atoms with Crippen LogP contribution in [-0.4, -0.2) is 55.2 Å². The summed E-state index contributed by atoms with van der Waals surface area (Å²) in [6.07, 6.45) is 1.12. The molecule has 4 aromatic rings. The van der Waals surface area contributed by atoms with Gasteiger partial charge in [0.1, 0.15) is 11.6 Å². The number of esters is 1. The van der Waals surface area contributed by atoms with Crippen molar-refractivity contribution in [2.75, 3.05) is 13.1 Å². The Morgan fingerprint density at radius 2 is 1.60 bits per heavy atom. The molecule has 6 rings (SSSR count). The lowest BCUT2D eigenvalue weighted by Crippen LogP contribution is -2.45. The number of carbonyl (C=O) groups excluding carboxylic acids is 1. The highest BCUT2D eigenvalue weighted by Gasteiger charge is 2.39. The Labute approximate surface area is 295 Å². The van der Waals surface area contributed by atoms with Gasteiger partial charge >= 0.3 is 5.97 Å². The number of nitrogens with one attached hydrogen (secondary N) is 1. The molecule has 4 atom stereocenters. The Kier molecular flexibility index (Phi) is 11.2. The van der Waals surface area contributed by atoms with E-state index in [1.807, 2.05) is 93.6 Å². The molecule has 2 N–H and O–H groups in total. The molecule has 0 bridgehead atoms. The molecule has 0 saturated carbocycles. The van der Waals surface area contributed by atoms with E-state index in [1.54, 1.807) is 30.3 Å². The molecule has 0 aliphatic carbocycles. The Balaban J connectivity index is 1.22. The van der Waals surface area contributed by atoms with Crippen LogP contribution in [0.15, 0.2) is 108 Å². The van der Waals surface area contributed by atoms with Crippen molar-refractivity contribution < 1.29 is 32.5 Å². The average molecular weight is 699 g/mol. The second kappa shape index (κ2) is 15.6. The molecule has 9 nitrogen and oxygen atoms in total. The van der Waals surface area contributed by atoms with Crippen molar-refractivity contribution in [3.63, 3.8) is 0 Å². The summed E-state index contributed by atoms with van der Waals surface area (Å²) in [6, 6.07) is 31.6. The van der Waals surface area contributed by atoms with E-state index < -0.39 is 21.9 Å². The van der Waals surface area contributed by atoms with Crippen LogP contribution in [0.1, 0.15) is 74.7 Å². The quantitative estimate of drug-likeness (QED) is 0.167. The van der Waals surface area contributed by atoms with Gasteiger partial charge in [-0.25, -0.2) is 13.1 Å². The standard InChI is InChI=1S/C40H46N2O7S/c1-40(2,3)49-38(44)36-16-9-21-42(36)26-34-24-37(30-19-17-28(27-43)18-20-30)48-39(47-34)33-13-8-12-32(23-33)31-11-7-10-29(22-31)25-41-50(45,46)35-14-5-4-6-15-35/h4-8,10-15,17-20,22-23,34,36-37,39,41,43H,9,16,21,24-27H2,1-3H3/t34-,36+,37+,39+/m1/s1. The third kappa shape index (κ3) is 9.06. The van der Waals surface area contributed by atoms with Gasteiger partial charge in [-0.15, -0.1) is 0 Å². The fraction of sp³-hybridized carbons (Fsp3) is 0.375.